The molecule has 10 heavy (non-hydrogen) atoms. The Kier molecular flexibility index (Phi) is 6.58. The highest BCUT2D eigenvalue weighted by Crippen LogP contribution is 1.78. The Morgan fingerprint density at radius 3 is 1.80 bits per heavy atom. The molecule has 0 saturated heterocycles. The average molecular weight is 133 g/mol. The molecular weight excluding hydrogens is 122 g/mol. The van der Waals surface area contributed by atoms with E-state index in [1.807, 2.05) is 24.3 Å². The van der Waals surface area contributed by atoms with Crippen LogP contribution in [-0.4, -0.2) is 6.21 Å². The molecule has 0 amide bonds. The van der Waals surface area contributed by atoms with Gasteiger partial charge < -0.3 is 5.41 Å². The third-order valence-electron chi connectivity index (χ3n) is 0.788. The van der Waals surface area contributed by atoms with Crippen molar-refractivity contribution >= 4 is 6.21 Å². The Morgan fingerprint density at radius 2 is 1.30 bits per heavy atom. The van der Waals surface area contributed by atoms with Crippen LogP contribution in [0.2, 0.25) is 0 Å². The first kappa shape index (κ1) is 8.63. The highest BCUT2D eigenvalue weighted by molar-refractivity contribution is 5.68. The molecule has 0 unspecified atom stereocenters. The molecule has 1 N–H and O–H groups in total. The topological polar surface area (TPSA) is 23.9 Å². The minimum atomic E-state index is 1.24. The van der Waals surface area contributed by atoms with Crippen molar-refractivity contribution in [2.45, 2.75) is 0 Å². The lowest BCUT2D eigenvalue weighted by Gasteiger charge is -1.70. The predicted octanol–water partition coefficient (Wildman–Crippen LogP) is 2.49. The van der Waals surface area contributed by atoms with Gasteiger partial charge in [0.15, 0.2) is 0 Å². The molecule has 0 rings (SSSR count). The van der Waals surface area contributed by atoms with Crippen molar-refractivity contribution < 1.29 is 0 Å². The fourth-order valence-electron chi connectivity index (χ4n) is 0.391. The highest BCUT2D eigenvalue weighted by atomic mass is 14.3. The van der Waals surface area contributed by atoms with Crippen molar-refractivity contribution in [1.82, 2.24) is 0 Å². The lowest BCUT2D eigenvalue weighted by molar-refractivity contribution is 1.58. The highest BCUT2D eigenvalue weighted by Gasteiger charge is 1.59. The fourth-order valence-corrected chi connectivity index (χ4v) is 0.391. The second-order valence-electron chi connectivity index (χ2n) is 1.56. The van der Waals surface area contributed by atoms with Gasteiger partial charge >= 0.3 is 0 Å². The molecule has 1 heteroatoms. The minimum absolute atomic E-state index is 1.24. The van der Waals surface area contributed by atoms with Crippen LogP contribution in [-0.2, 0) is 0 Å². The summed E-state index contributed by atoms with van der Waals surface area (Å²) in [5.74, 6) is 0. The largest absolute Gasteiger partial charge is 0.309 e. The van der Waals surface area contributed by atoms with Crippen LogP contribution in [0, 0.1) is 5.41 Å². The summed E-state index contributed by atoms with van der Waals surface area (Å²) < 4.78 is 0. The summed E-state index contributed by atoms with van der Waals surface area (Å²) in [4.78, 5) is 0. The van der Waals surface area contributed by atoms with Crippen molar-refractivity contribution in [2.75, 3.05) is 0 Å². The van der Waals surface area contributed by atoms with E-state index < -0.39 is 0 Å². The molecule has 0 bridgehead atoms. The third kappa shape index (κ3) is 6.63. The van der Waals surface area contributed by atoms with Crippen molar-refractivity contribution in [3.63, 3.8) is 0 Å². The van der Waals surface area contributed by atoms with Gasteiger partial charge in [0.25, 0.3) is 0 Å². The number of hydrogen-bond donors (Lipinski definition) is 1. The zero-order valence-corrected chi connectivity index (χ0v) is 5.83. The molecule has 0 aromatic heterocycles. The number of hydrogen-bond acceptors (Lipinski definition) is 1. The van der Waals surface area contributed by atoms with E-state index in [4.69, 9.17) is 5.41 Å². The Morgan fingerprint density at radius 1 is 0.800 bits per heavy atom. The monoisotopic (exact) mass is 133 g/mol. The standard InChI is InChI=1S/C9H11N/c1-2-3-4-5-6-7-8-9-10/h2-10H,1H2/b4-3-,6-5-,8-7-,10-9?. The van der Waals surface area contributed by atoms with E-state index in [9.17, 15) is 0 Å². The summed E-state index contributed by atoms with van der Waals surface area (Å²) in [6, 6.07) is 0. The van der Waals surface area contributed by atoms with Crippen molar-refractivity contribution in [2.24, 2.45) is 0 Å². The molecule has 0 heterocycles. The van der Waals surface area contributed by atoms with Gasteiger partial charge in [-0.25, -0.2) is 0 Å². The van der Waals surface area contributed by atoms with Gasteiger partial charge in [0.05, 0.1) is 0 Å². The van der Waals surface area contributed by atoms with Crippen LogP contribution < -0.4 is 0 Å². The van der Waals surface area contributed by atoms with Crippen LogP contribution in [0.15, 0.2) is 49.1 Å². The molecule has 0 aliphatic carbocycles. The van der Waals surface area contributed by atoms with Gasteiger partial charge in [-0.1, -0.05) is 43.0 Å². The Labute approximate surface area is 61.6 Å². The number of nitrogens with one attached hydrogen (secondary N) is 1. The lowest BCUT2D eigenvalue weighted by Crippen LogP contribution is -1.54. The summed E-state index contributed by atoms with van der Waals surface area (Å²) in [5.41, 5.74) is 0. The van der Waals surface area contributed by atoms with E-state index in [1.165, 1.54) is 6.21 Å². The van der Waals surface area contributed by atoms with Crippen LogP contribution in [0.3, 0.4) is 0 Å². The van der Waals surface area contributed by atoms with E-state index >= 15 is 0 Å². The molecule has 0 saturated carbocycles. The van der Waals surface area contributed by atoms with Crippen molar-refractivity contribution in [3.05, 3.63) is 49.1 Å². The smallest absolute Gasteiger partial charge is 0.0177 e. The second kappa shape index (κ2) is 7.63. The zero-order chi connectivity index (χ0) is 7.66. The third-order valence-corrected chi connectivity index (χ3v) is 0.788. The maximum atomic E-state index is 6.64. The maximum Gasteiger partial charge on any atom is 0.0177 e. The van der Waals surface area contributed by atoms with E-state index in [1.54, 1.807) is 18.2 Å². The second-order valence-corrected chi connectivity index (χ2v) is 1.56. The van der Waals surface area contributed by atoms with E-state index in [0.29, 0.717) is 0 Å². The maximum absolute atomic E-state index is 6.64. The van der Waals surface area contributed by atoms with Gasteiger partial charge in [-0.15, -0.1) is 0 Å². The minimum Gasteiger partial charge on any atom is -0.309 e. The summed E-state index contributed by atoms with van der Waals surface area (Å²) in [7, 11) is 0. The molecule has 1 nitrogen and oxygen atoms in total. The summed E-state index contributed by atoms with van der Waals surface area (Å²) in [5, 5.41) is 6.64. The Hall–Kier alpha value is -1.37. The first-order chi connectivity index (χ1) is 4.91. The SMILES string of the molecule is C=C\C=C/C=C\C=C/C=N. The molecule has 0 atom stereocenters. The fraction of sp³-hybridized carbons (Fsp3) is 0. The molecule has 52 valence electrons. The Balaban J connectivity index is 3.55. The molecular formula is C9H11N. The lowest BCUT2D eigenvalue weighted by atomic mass is 10.4. The number of allylic oxidation sites excluding steroid dienone is 7. The van der Waals surface area contributed by atoms with Crippen molar-refractivity contribution in [3.8, 4) is 0 Å². The average Bonchev–Trinajstić information content (AvgIpc) is 1.97. The summed E-state index contributed by atoms with van der Waals surface area (Å²) in [6.07, 6.45) is 13.8. The van der Waals surface area contributed by atoms with Gasteiger partial charge in [-0.05, 0) is 6.08 Å². The van der Waals surface area contributed by atoms with E-state index in [0.717, 1.165) is 0 Å². The molecule has 0 radical (unpaired) electrons. The van der Waals surface area contributed by atoms with E-state index in [-0.39, 0.29) is 0 Å². The van der Waals surface area contributed by atoms with Crippen LogP contribution in [0.25, 0.3) is 0 Å². The normalized spacial score (nSPS) is 11.6. The van der Waals surface area contributed by atoms with Gasteiger partial charge in [-0.2, -0.15) is 0 Å². The summed E-state index contributed by atoms with van der Waals surface area (Å²) >= 11 is 0. The van der Waals surface area contributed by atoms with Crippen LogP contribution in [0.5, 0.6) is 0 Å². The number of rotatable bonds is 4. The molecule has 0 aliphatic heterocycles. The summed E-state index contributed by atoms with van der Waals surface area (Å²) in [6.45, 7) is 3.52. The van der Waals surface area contributed by atoms with Crippen LogP contribution in [0.1, 0.15) is 0 Å². The first-order valence-corrected chi connectivity index (χ1v) is 3.03. The molecule has 0 fully saturated rings. The van der Waals surface area contributed by atoms with Gasteiger partial charge in [0, 0.05) is 6.21 Å². The van der Waals surface area contributed by atoms with Gasteiger partial charge in [-0.3, -0.25) is 0 Å². The molecule has 0 aromatic rings. The first-order valence-electron chi connectivity index (χ1n) is 3.03. The quantitative estimate of drug-likeness (QED) is 0.450. The molecule has 0 spiro atoms. The molecule has 0 aromatic carbocycles. The van der Waals surface area contributed by atoms with Crippen LogP contribution in [0.4, 0.5) is 0 Å². The van der Waals surface area contributed by atoms with Gasteiger partial charge in [0.2, 0.25) is 0 Å². The van der Waals surface area contributed by atoms with Gasteiger partial charge in [0.1, 0.15) is 0 Å². The predicted molar refractivity (Wildman–Crippen MR) is 46.4 cm³/mol. The molecule has 0 aliphatic rings. The van der Waals surface area contributed by atoms with Crippen LogP contribution >= 0.6 is 0 Å². The zero-order valence-electron chi connectivity index (χ0n) is 5.83. The Bertz CT molecular complexity index is 153. The van der Waals surface area contributed by atoms with Crippen molar-refractivity contribution in [1.29, 1.82) is 5.41 Å². The van der Waals surface area contributed by atoms with E-state index in [2.05, 4.69) is 6.58 Å².